The summed E-state index contributed by atoms with van der Waals surface area (Å²) in [5, 5.41) is 0. The third-order valence-electron chi connectivity index (χ3n) is 3.85. The Bertz CT molecular complexity index is 441. The Hall–Kier alpha value is -1.40. The van der Waals surface area contributed by atoms with Gasteiger partial charge in [0.05, 0.1) is 26.2 Å². The first kappa shape index (κ1) is 16.0. The molecule has 1 atom stereocenters. The zero-order chi connectivity index (χ0) is 15.1. The number of aromatic nitrogens is 2. The molecule has 6 heteroatoms. The molecule has 1 fully saturated rings. The molecule has 1 aliphatic heterocycles. The molecule has 21 heavy (non-hydrogen) atoms. The second kappa shape index (κ2) is 8.14. The van der Waals surface area contributed by atoms with Crippen LogP contribution in [-0.4, -0.2) is 53.3 Å². The van der Waals surface area contributed by atoms with E-state index >= 15 is 0 Å². The van der Waals surface area contributed by atoms with Gasteiger partial charge in [0, 0.05) is 38.6 Å². The van der Waals surface area contributed by atoms with E-state index in [1.807, 2.05) is 12.4 Å². The van der Waals surface area contributed by atoms with Gasteiger partial charge in [-0.3, -0.25) is 9.69 Å². The van der Waals surface area contributed by atoms with Crippen LogP contribution in [0, 0.1) is 0 Å². The summed E-state index contributed by atoms with van der Waals surface area (Å²) in [6, 6.07) is 0. The summed E-state index contributed by atoms with van der Waals surface area (Å²) in [7, 11) is 1.43. The van der Waals surface area contributed by atoms with Crippen LogP contribution < -0.4 is 0 Å². The lowest BCUT2D eigenvalue weighted by Gasteiger charge is -2.24. The monoisotopic (exact) mass is 295 g/mol. The maximum Gasteiger partial charge on any atom is 0.306 e. The lowest BCUT2D eigenvalue weighted by molar-refractivity contribution is -0.141. The van der Waals surface area contributed by atoms with Crippen molar-refractivity contribution in [1.29, 1.82) is 0 Å². The van der Waals surface area contributed by atoms with Crippen molar-refractivity contribution >= 4 is 5.97 Å². The molecule has 118 valence electrons. The average molecular weight is 295 g/mol. The number of rotatable bonds is 8. The number of carbonyl (C=O) groups excluding carboxylic acids is 1. The highest BCUT2D eigenvalue weighted by Crippen LogP contribution is 2.15. The van der Waals surface area contributed by atoms with Crippen LogP contribution >= 0.6 is 0 Å². The molecule has 0 radical (unpaired) electrons. The zero-order valence-corrected chi connectivity index (χ0v) is 13.0. The molecule has 1 aromatic rings. The van der Waals surface area contributed by atoms with Gasteiger partial charge >= 0.3 is 5.97 Å². The van der Waals surface area contributed by atoms with E-state index < -0.39 is 0 Å². The highest BCUT2D eigenvalue weighted by Gasteiger charge is 2.21. The molecule has 0 amide bonds. The van der Waals surface area contributed by atoms with Gasteiger partial charge in [0.15, 0.2) is 0 Å². The lowest BCUT2D eigenvalue weighted by atomic mass is 10.2. The number of nitrogens with zero attached hydrogens (tertiary/aromatic N) is 3. The van der Waals surface area contributed by atoms with Crippen LogP contribution in [-0.2, 0) is 27.4 Å². The summed E-state index contributed by atoms with van der Waals surface area (Å²) in [4.78, 5) is 18.0. The smallest absolute Gasteiger partial charge is 0.306 e. The lowest BCUT2D eigenvalue weighted by Crippen LogP contribution is -2.34. The predicted octanol–water partition coefficient (Wildman–Crippen LogP) is 1.45. The molecule has 1 saturated heterocycles. The van der Waals surface area contributed by atoms with Gasteiger partial charge in [-0.1, -0.05) is 0 Å². The molecule has 0 N–H and O–H groups in total. The number of aryl methyl sites for hydroxylation is 1. The van der Waals surface area contributed by atoms with Crippen LogP contribution in [0.2, 0.25) is 0 Å². The number of methoxy groups -OCH3 is 1. The topological polar surface area (TPSA) is 56.6 Å². The minimum absolute atomic E-state index is 0.175. The SMILES string of the molecule is CCn1ccnc1CN(CCC(=O)OC)CC1CCCO1. The van der Waals surface area contributed by atoms with Crippen LogP contribution in [0.1, 0.15) is 32.0 Å². The van der Waals surface area contributed by atoms with Crippen molar-refractivity contribution in [3.05, 3.63) is 18.2 Å². The van der Waals surface area contributed by atoms with Crippen molar-refractivity contribution < 1.29 is 14.3 Å². The molecule has 2 rings (SSSR count). The molecule has 1 aliphatic rings. The molecule has 2 heterocycles. The Morgan fingerprint density at radius 1 is 1.62 bits per heavy atom. The largest absolute Gasteiger partial charge is 0.469 e. The highest BCUT2D eigenvalue weighted by atomic mass is 16.5. The van der Waals surface area contributed by atoms with E-state index in [9.17, 15) is 4.79 Å². The van der Waals surface area contributed by atoms with Gasteiger partial charge in [0.25, 0.3) is 0 Å². The van der Waals surface area contributed by atoms with E-state index in [4.69, 9.17) is 9.47 Å². The number of esters is 1. The van der Waals surface area contributed by atoms with Gasteiger partial charge in [-0.25, -0.2) is 4.98 Å². The normalized spacial score (nSPS) is 18.3. The summed E-state index contributed by atoms with van der Waals surface area (Å²) in [6.45, 7) is 6.09. The molecule has 6 nitrogen and oxygen atoms in total. The predicted molar refractivity (Wildman–Crippen MR) is 78.8 cm³/mol. The minimum atomic E-state index is -0.175. The van der Waals surface area contributed by atoms with E-state index in [1.54, 1.807) is 0 Å². The van der Waals surface area contributed by atoms with Gasteiger partial charge in [-0.2, -0.15) is 0 Å². The molecule has 1 unspecified atom stereocenters. The Balaban J connectivity index is 1.94. The van der Waals surface area contributed by atoms with Crippen molar-refractivity contribution in [2.75, 3.05) is 26.8 Å². The van der Waals surface area contributed by atoms with E-state index in [0.717, 1.165) is 44.9 Å². The van der Waals surface area contributed by atoms with Gasteiger partial charge < -0.3 is 14.0 Å². The van der Waals surface area contributed by atoms with E-state index in [-0.39, 0.29) is 12.1 Å². The van der Waals surface area contributed by atoms with Gasteiger partial charge in [-0.15, -0.1) is 0 Å². The van der Waals surface area contributed by atoms with Crippen LogP contribution in [0.3, 0.4) is 0 Å². The van der Waals surface area contributed by atoms with Crippen LogP contribution in [0.15, 0.2) is 12.4 Å². The second-order valence-corrected chi connectivity index (χ2v) is 5.33. The Morgan fingerprint density at radius 3 is 3.14 bits per heavy atom. The van der Waals surface area contributed by atoms with Gasteiger partial charge in [-0.05, 0) is 19.8 Å². The number of hydrogen-bond acceptors (Lipinski definition) is 5. The molecule has 0 aromatic carbocycles. The van der Waals surface area contributed by atoms with Gasteiger partial charge in [0.2, 0.25) is 0 Å². The maximum atomic E-state index is 11.4. The van der Waals surface area contributed by atoms with Crippen LogP contribution in [0.4, 0.5) is 0 Å². The van der Waals surface area contributed by atoms with Crippen molar-refractivity contribution in [3.8, 4) is 0 Å². The number of ether oxygens (including phenoxy) is 2. The standard InChI is InChI=1S/C15H25N3O3/c1-3-18-9-7-16-14(18)12-17(8-6-15(19)20-2)11-13-5-4-10-21-13/h7,9,13H,3-6,8,10-12H2,1-2H3. The first-order chi connectivity index (χ1) is 10.2. The van der Waals surface area contributed by atoms with Crippen molar-refractivity contribution in [3.63, 3.8) is 0 Å². The third-order valence-corrected chi connectivity index (χ3v) is 3.85. The highest BCUT2D eigenvalue weighted by molar-refractivity contribution is 5.69. The molecular weight excluding hydrogens is 270 g/mol. The van der Waals surface area contributed by atoms with Crippen LogP contribution in [0.5, 0.6) is 0 Å². The number of carbonyl (C=O) groups is 1. The summed E-state index contributed by atoms with van der Waals surface area (Å²) < 4.78 is 12.6. The quantitative estimate of drug-likeness (QED) is 0.679. The van der Waals surface area contributed by atoms with E-state index in [0.29, 0.717) is 13.0 Å². The first-order valence-electron chi connectivity index (χ1n) is 7.63. The van der Waals surface area contributed by atoms with E-state index in [2.05, 4.69) is 21.4 Å². The summed E-state index contributed by atoms with van der Waals surface area (Å²) in [5.74, 6) is 0.853. The molecule has 0 aliphatic carbocycles. The van der Waals surface area contributed by atoms with Crippen LogP contribution in [0.25, 0.3) is 0 Å². The molecule has 0 saturated carbocycles. The Morgan fingerprint density at radius 2 is 2.48 bits per heavy atom. The third kappa shape index (κ3) is 4.82. The Labute approximate surface area is 126 Å². The molecule has 1 aromatic heterocycles. The fourth-order valence-corrected chi connectivity index (χ4v) is 2.64. The van der Waals surface area contributed by atoms with Crippen molar-refractivity contribution in [2.24, 2.45) is 0 Å². The summed E-state index contributed by atoms with van der Waals surface area (Å²) in [5.41, 5.74) is 0. The minimum Gasteiger partial charge on any atom is -0.469 e. The van der Waals surface area contributed by atoms with E-state index in [1.165, 1.54) is 7.11 Å². The average Bonchev–Trinajstić information content (AvgIpc) is 3.15. The summed E-state index contributed by atoms with van der Waals surface area (Å²) in [6.07, 6.45) is 6.70. The molecule has 0 bridgehead atoms. The fraction of sp³-hybridized carbons (Fsp3) is 0.733. The molecule has 0 spiro atoms. The van der Waals surface area contributed by atoms with Gasteiger partial charge in [0.1, 0.15) is 5.82 Å². The second-order valence-electron chi connectivity index (χ2n) is 5.33. The fourth-order valence-electron chi connectivity index (χ4n) is 2.64. The number of hydrogen-bond donors (Lipinski definition) is 0. The maximum absolute atomic E-state index is 11.4. The zero-order valence-electron chi connectivity index (χ0n) is 13.0. The Kier molecular flexibility index (Phi) is 6.20. The summed E-state index contributed by atoms with van der Waals surface area (Å²) >= 11 is 0. The molecular formula is C15H25N3O3. The van der Waals surface area contributed by atoms with Crippen molar-refractivity contribution in [2.45, 2.75) is 45.4 Å². The first-order valence-corrected chi connectivity index (χ1v) is 7.63. The number of imidazole rings is 1. The van der Waals surface area contributed by atoms with Crippen molar-refractivity contribution in [1.82, 2.24) is 14.5 Å².